The van der Waals surface area contributed by atoms with Gasteiger partial charge in [-0.1, -0.05) is 6.07 Å². The van der Waals surface area contributed by atoms with Gasteiger partial charge >= 0.3 is 0 Å². The Bertz CT molecular complexity index is 847. The van der Waals surface area contributed by atoms with Crippen molar-refractivity contribution in [2.24, 2.45) is 5.73 Å². The summed E-state index contributed by atoms with van der Waals surface area (Å²) < 4.78 is 13.5. The van der Waals surface area contributed by atoms with Gasteiger partial charge in [-0.3, -0.25) is 14.8 Å². The molecule has 0 radical (unpaired) electrons. The van der Waals surface area contributed by atoms with Crippen LogP contribution in [0.25, 0.3) is 22.2 Å². The molecule has 0 aliphatic carbocycles. The molecular formula is C16H12FN3O. The van der Waals surface area contributed by atoms with Gasteiger partial charge in [-0.25, -0.2) is 4.39 Å². The minimum Gasteiger partial charge on any atom is -0.366 e. The summed E-state index contributed by atoms with van der Waals surface area (Å²) in [6, 6.07) is 9.46. The van der Waals surface area contributed by atoms with Gasteiger partial charge < -0.3 is 5.73 Å². The molecule has 0 fully saturated rings. The number of hydrogen-bond acceptors (Lipinski definition) is 3. The molecule has 0 bridgehead atoms. The molecule has 2 aromatic heterocycles. The van der Waals surface area contributed by atoms with Crippen molar-refractivity contribution < 1.29 is 9.18 Å². The number of pyridine rings is 2. The quantitative estimate of drug-likeness (QED) is 0.785. The number of fused-ring (bicyclic) bond motifs is 1. The molecule has 21 heavy (non-hydrogen) atoms. The lowest BCUT2D eigenvalue weighted by Gasteiger charge is -2.12. The highest BCUT2D eigenvalue weighted by atomic mass is 19.1. The lowest BCUT2D eigenvalue weighted by Crippen LogP contribution is -2.15. The topological polar surface area (TPSA) is 68.9 Å². The van der Waals surface area contributed by atoms with Gasteiger partial charge in [0.25, 0.3) is 0 Å². The summed E-state index contributed by atoms with van der Waals surface area (Å²) >= 11 is 0. The molecule has 0 saturated heterocycles. The molecule has 3 rings (SSSR count). The fourth-order valence-electron chi connectivity index (χ4n) is 2.44. The average molecular weight is 281 g/mol. The molecule has 2 N–H and O–H groups in total. The van der Waals surface area contributed by atoms with Gasteiger partial charge in [-0.15, -0.1) is 0 Å². The van der Waals surface area contributed by atoms with Crippen LogP contribution in [0, 0.1) is 12.7 Å². The molecule has 2 heterocycles. The van der Waals surface area contributed by atoms with Crippen LogP contribution in [0.2, 0.25) is 0 Å². The SMILES string of the molecule is Cc1nc2ccc(F)cc2c(C(N)=O)c1-c1ccccn1. The van der Waals surface area contributed by atoms with Gasteiger partial charge in [0.2, 0.25) is 5.91 Å². The summed E-state index contributed by atoms with van der Waals surface area (Å²) in [5, 5.41) is 0.397. The van der Waals surface area contributed by atoms with E-state index in [9.17, 15) is 9.18 Å². The summed E-state index contributed by atoms with van der Waals surface area (Å²) in [4.78, 5) is 20.6. The zero-order valence-electron chi connectivity index (χ0n) is 11.3. The molecule has 1 amide bonds. The Morgan fingerprint density at radius 2 is 2.05 bits per heavy atom. The number of amides is 1. The smallest absolute Gasteiger partial charge is 0.250 e. The number of carbonyl (C=O) groups is 1. The van der Waals surface area contributed by atoms with E-state index in [4.69, 9.17) is 5.73 Å². The number of nitrogens with zero attached hydrogens (tertiary/aromatic N) is 2. The van der Waals surface area contributed by atoms with Crippen molar-refractivity contribution in [3.8, 4) is 11.3 Å². The molecule has 0 atom stereocenters. The summed E-state index contributed by atoms with van der Waals surface area (Å²) in [5.74, 6) is -1.07. The van der Waals surface area contributed by atoms with Gasteiger partial charge in [0.1, 0.15) is 5.82 Å². The van der Waals surface area contributed by atoms with Crippen LogP contribution in [0.15, 0.2) is 42.6 Å². The Labute approximate surface area is 120 Å². The predicted molar refractivity (Wildman–Crippen MR) is 78.2 cm³/mol. The minimum atomic E-state index is -0.628. The Balaban J connectivity index is 2.46. The van der Waals surface area contributed by atoms with E-state index in [-0.39, 0.29) is 5.56 Å². The van der Waals surface area contributed by atoms with Crippen molar-refractivity contribution >= 4 is 16.8 Å². The largest absolute Gasteiger partial charge is 0.366 e. The van der Waals surface area contributed by atoms with E-state index < -0.39 is 11.7 Å². The fourth-order valence-corrected chi connectivity index (χ4v) is 2.44. The van der Waals surface area contributed by atoms with E-state index in [1.807, 2.05) is 6.07 Å². The van der Waals surface area contributed by atoms with E-state index in [1.165, 1.54) is 18.2 Å². The Morgan fingerprint density at radius 1 is 1.24 bits per heavy atom. The maximum atomic E-state index is 13.5. The molecule has 104 valence electrons. The minimum absolute atomic E-state index is 0.246. The first-order valence-corrected chi connectivity index (χ1v) is 6.39. The number of primary amides is 1. The van der Waals surface area contributed by atoms with E-state index >= 15 is 0 Å². The van der Waals surface area contributed by atoms with Gasteiger partial charge in [0.15, 0.2) is 0 Å². The zero-order chi connectivity index (χ0) is 15.0. The van der Waals surface area contributed by atoms with Crippen molar-refractivity contribution in [3.63, 3.8) is 0 Å². The van der Waals surface area contributed by atoms with Crippen LogP contribution in [0.5, 0.6) is 0 Å². The lowest BCUT2D eigenvalue weighted by atomic mass is 9.97. The highest BCUT2D eigenvalue weighted by molar-refractivity contribution is 6.11. The van der Waals surface area contributed by atoms with Crippen molar-refractivity contribution in [1.29, 1.82) is 0 Å². The second-order valence-electron chi connectivity index (χ2n) is 4.69. The first-order chi connectivity index (χ1) is 10.1. The molecule has 0 unspecified atom stereocenters. The van der Waals surface area contributed by atoms with Gasteiger partial charge in [0.05, 0.1) is 16.8 Å². The fraction of sp³-hybridized carbons (Fsp3) is 0.0625. The maximum Gasteiger partial charge on any atom is 0.250 e. The summed E-state index contributed by atoms with van der Waals surface area (Å²) in [6.07, 6.45) is 1.62. The van der Waals surface area contributed by atoms with Crippen molar-refractivity contribution in [2.75, 3.05) is 0 Å². The molecule has 3 aromatic rings. The first-order valence-electron chi connectivity index (χ1n) is 6.39. The second kappa shape index (κ2) is 4.94. The first kappa shape index (κ1) is 13.2. The van der Waals surface area contributed by atoms with Gasteiger partial charge in [-0.05, 0) is 37.3 Å². The number of hydrogen-bond donors (Lipinski definition) is 1. The third-order valence-electron chi connectivity index (χ3n) is 3.30. The van der Waals surface area contributed by atoms with Crippen LogP contribution in [-0.4, -0.2) is 15.9 Å². The van der Waals surface area contributed by atoms with Crippen molar-refractivity contribution in [2.45, 2.75) is 6.92 Å². The molecule has 0 aliphatic heterocycles. The van der Waals surface area contributed by atoms with Crippen LogP contribution in [0.1, 0.15) is 16.1 Å². The number of aromatic nitrogens is 2. The molecule has 4 nitrogen and oxygen atoms in total. The van der Waals surface area contributed by atoms with Gasteiger partial charge in [0, 0.05) is 22.8 Å². The van der Waals surface area contributed by atoms with Crippen LogP contribution < -0.4 is 5.73 Å². The normalized spacial score (nSPS) is 10.8. The number of rotatable bonds is 2. The highest BCUT2D eigenvalue weighted by Gasteiger charge is 2.19. The molecule has 0 aliphatic rings. The van der Waals surface area contributed by atoms with Gasteiger partial charge in [-0.2, -0.15) is 0 Å². The molecule has 1 aromatic carbocycles. The van der Waals surface area contributed by atoms with Crippen molar-refractivity contribution in [1.82, 2.24) is 9.97 Å². The average Bonchev–Trinajstić information content (AvgIpc) is 2.47. The number of halogens is 1. The van der Waals surface area contributed by atoms with Crippen LogP contribution in [0.3, 0.4) is 0 Å². The van der Waals surface area contributed by atoms with E-state index in [1.54, 1.807) is 25.3 Å². The summed E-state index contributed by atoms with van der Waals surface area (Å²) in [5.41, 5.74) is 8.05. The van der Waals surface area contributed by atoms with Crippen LogP contribution in [0.4, 0.5) is 4.39 Å². The maximum absolute atomic E-state index is 13.5. The third kappa shape index (κ3) is 2.23. The van der Waals surface area contributed by atoms with E-state index in [0.29, 0.717) is 27.9 Å². The molecule has 5 heteroatoms. The van der Waals surface area contributed by atoms with Crippen LogP contribution >= 0.6 is 0 Å². The summed E-state index contributed by atoms with van der Waals surface area (Å²) in [6.45, 7) is 1.78. The zero-order valence-corrected chi connectivity index (χ0v) is 11.3. The monoisotopic (exact) mass is 281 g/mol. The summed E-state index contributed by atoms with van der Waals surface area (Å²) in [7, 11) is 0. The second-order valence-corrected chi connectivity index (χ2v) is 4.69. The lowest BCUT2D eigenvalue weighted by molar-refractivity contribution is 0.100. The highest BCUT2D eigenvalue weighted by Crippen LogP contribution is 2.30. The van der Waals surface area contributed by atoms with Crippen molar-refractivity contribution in [3.05, 3.63) is 59.7 Å². The van der Waals surface area contributed by atoms with Crippen LogP contribution in [-0.2, 0) is 0 Å². The number of carbonyl (C=O) groups excluding carboxylic acids is 1. The van der Waals surface area contributed by atoms with E-state index in [0.717, 1.165) is 0 Å². The number of benzene rings is 1. The molecular weight excluding hydrogens is 269 g/mol. The number of aryl methyl sites for hydroxylation is 1. The standard InChI is InChI=1S/C16H12FN3O/c1-9-14(13-4-2-3-7-19-13)15(16(18)21)11-8-10(17)5-6-12(11)20-9/h2-8H,1H3,(H2,18,21). The third-order valence-corrected chi connectivity index (χ3v) is 3.30. The Morgan fingerprint density at radius 3 is 2.71 bits per heavy atom. The number of nitrogens with two attached hydrogens (primary N) is 1. The molecule has 0 saturated carbocycles. The van der Waals surface area contributed by atoms with E-state index in [2.05, 4.69) is 9.97 Å². The molecule has 0 spiro atoms. The predicted octanol–water partition coefficient (Wildman–Crippen LogP) is 2.84. The Hall–Kier alpha value is -2.82. The Kier molecular flexibility index (Phi) is 3.10.